The normalized spacial score (nSPS) is 12.3. The topological polar surface area (TPSA) is 24.5 Å². The molecule has 1 unspecified atom stereocenters. The molecule has 0 aliphatic heterocycles. The van der Waals surface area contributed by atoms with Gasteiger partial charge in [-0.25, -0.2) is 0 Å². The molecule has 1 rings (SSSR count). The van der Waals surface area contributed by atoms with Crippen LogP contribution in [0.5, 0.6) is 0 Å². The van der Waals surface area contributed by atoms with Crippen LogP contribution in [0, 0.1) is 0 Å². The number of anilines is 2. The van der Waals surface area contributed by atoms with Crippen molar-refractivity contribution in [1.82, 2.24) is 0 Å². The van der Waals surface area contributed by atoms with Gasteiger partial charge in [0.15, 0.2) is 0 Å². The first-order chi connectivity index (χ1) is 8.04. The van der Waals surface area contributed by atoms with E-state index in [-0.39, 0.29) is 6.04 Å². The van der Waals surface area contributed by atoms with E-state index in [9.17, 15) is 0 Å². The number of benzene rings is 1. The highest BCUT2D eigenvalue weighted by atomic mass is 35.5. The molecule has 1 atom stereocenters. The van der Waals surface area contributed by atoms with Crippen LogP contribution in [0.4, 0.5) is 11.4 Å². The van der Waals surface area contributed by atoms with Crippen LogP contribution in [0.3, 0.4) is 0 Å². The van der Waals surface area contributed by atoms with Crippen molar-refractivity contribution in [2.45, 2.75) is 19.9 Å². The fourth-order valence-electron chi connectivity index (χ4n) is 1.58. The summed E-state index contributed by atoms with van der Waals surface area (Å²) in [4.78, 5) is 2.00. The lowest BCUT2D eigenvalue weighted by Crippen LogP contribution is -2.21. The van der Waals surface area contributed by atoms with Crippen molar-refractivity contribution in [2.75, 3.05) is 37.5 Å². The molecule has 0 heterocycles. The zero-order valence-corrected chi connectivity index (χ0v) is 11.7. The monoisotopic (exact) mass is 256 g/mol. The van der Waals surface area contributed by atoms with Crippen molar-refractivity contribution < 1.29 is 4.74 Å². The molecule has 0 amide bonds. The molecular weight excluding hydrogens is 236 g/mol. The second-order valence-corrected chi connectivity index (χ2v) is 4.67. The van der Waals surface area contributed by atoms with Crippen molar-refractivity contribution in [1.29, 1.82) is 0 Å². The van der Waals surface area contributed by atoms with E-state index >= 15 is 0 Å². The summed E-state index contributed by atoms with van der Waals surface area (Å²) in [5, 5.41) is 4.11. The average molecular weight is 257 g/mol. The summed E-state index contributed by atoms with van der Waals surface area (Å²) in [5.41, 5.74) is 2.04. The molecule has 0 saturated heterocycles. The summed E-state index contributed by atoms with van der Waals surface area (Å²) >= 11 is 6.20. The van der Waals surface area contributed by atoms with Crippen LogP contribution in [0.25, 0.3) is 0 Å². The van der Waals surface area contributed by atoms with Crippen molar-refractivity contribution >= 4 is 23.0 Å². The van der Waals surface area contributed by atoms with Crippen LogP contribution < -0.4 is 10.2 Å². The van der Waals surface area contributed by atoms with Crippen molar-refractivity contribution in [3.05, 3.63) is 23.2 Å². The molecule has 17 heavy (non-hydrogen) atoms. The van der Waals surface area contributed by atoms with Gasteiger partial charge in [-0.05, 0) is 32.0 Å². The number of hydrogen-bond acceptors (Lipinski definition) is 3. The molecule has 3 nitrogen and oxygen atoms in total. The Bertz CT molecular complexity index is 355. The predicted octanol–water partition coefficient (Wildman–Crippen LogP) is 3.24. The van der Waals surface area contributed by atoms with Crippen LogP contribution in [0.1, 0.15) is 13.8 Å². The third-order valence-electron chi connectivity index (χ3n) is 2.41. The van der Waals surface area contributed by atoms with E-state index in [1.54, 1.807) is 0 Å². The predicted molar refractivity (Wildman–Crippen MR) is 75.4 cm³/mol. The summed E-state index contributed by atoms with van der Waals surface area (Å²) in [6.07, 6.45) is 0. The molecule has 0 spiro atoms. The van der Waals surface area contributed by atoms with Gasteiger partial charge in [0, 0.05) is 32.4 Å². The Balaban J connectivity index is 2.64. The second kappa shape index (κ2) is 6.72. The average Bonchev–Trinajstić information content (AvgIpc) is 2.26. The minimum atomic E-state index is 0.274. The van der Waals surface area contributed by atoms with E-state index in [4.69, 9.17) is 16.3 Å². The van der Waals surface area contributed by atoms with Crippen LogP contribution in [-0.4, -0.2) is 33.4 Å². The minimum Gasteiger partial charge on any atom is -0.380 e. The van der Waals surface area contributed by atoms with Gasteiger partial charge in [0.2, 0.25) is 0 Å². The molecule has 4 heteroatoms. The van der Waals surface area contributed by atoms with Crippen molar-refractivity contribution in [3.8, 4) is 0 Å². The van der Waals surface area contributed by atoms with Crippen LogP contribution in [0.15, 0.2) is 18.2 Å². The summed E-state index contributed by atoms with van der Waals surface area (Å²) < 4.78 is 5.36. The zero-order valence-electron chi connectivity index (χ0n) is 11.0. The first kappa shape index (κ1) is 14.1. The molecule has 0 fully saturated rings. The van der Waals surface area contributed by atoms with Crippen molar-refractivity contribution in [3.63, 3.8) is 0 Å². The van der Waals surface area contributed by atoms with Gasteiger partial charge in [-0.3, -0.25) is 0 Å². The maximum Gasteiger partial charge on any atom is 0.0664 e. The lowest BCUT2D eigenvalue weighted by Gasteiger charge is -2.18. The van der Waals surface area contributed by atoms with Crippen LogP contribution in [0.2, 0.25) is 5.02 Å². The summed E-state index contributed by atoms with van der Waals surface area (Å²) in [7, 11) is 3.96. The Morgan fingerprint density at radius 1 is 1.41 bits per heavy atom. The Labute approximate surface area is 109 Å². The third kappa shape index (κ3) is 4.44. The molecule has 0 aliphatic carbocycles. The number of halogens is 1. The number of ether oxygens (including phenoxy) is 1. The highest BCUT2D eigenvalue weighted by molar-refractivity contribution is 6.33. The molecule has 1 aromatic carbocycles. The maximum atomic E-state index is 6.20. The number of rotatable bonds is 6. The van der Waals surface area contributed by atoms with E-state index < -0.39 is 0 Å². The van der Waals surface area contributed by atoms with Gasteiger partial charge in [0.05, 0.1) is 17.3 Å². The number of nitrogens with zero attached hydrogens (tertiary/aromatic N) is 1. The fourth-order valence-corrected chi connectivity index (χ4v) is 1.93. The van der Waals surface area contributed by atoms with Gasteiger partial charge in [0.25, 0.3) is 0 Å². The van der Waals surface area contributed by atoms with Crippen LogP contribution >= 0.6 is 11.6 Å². The smallest absolute Gasteiger partial charge is 0.0664 e. The third-order valence-corrected chi connectivity index (χ3v) is 2.72. The largest absolute Gasteiger partial charge is 0.380 e. The first-order valence-electron chi connectivity index (χ1n) is 5.85. The summed E-state index contributed by atoms with van der Waals surface area (Å²) in [5.74, 6) is 0. The zero-order chi connectivity index (χ0) is 12.8. The highest BCUT2D eigenvalue weighted by Crippen LogP contribution is 2.27. The minimum absolute atomic E-state index is 0.274. The molecular formula is C13H21ClN2O. The Kier molecular flexibility index (Phi) is 5.59. The highest BCUT2D eigenvalue weighted by Gasteiger charge is 2.06. The summed E-state index contributed by atoms with van der Waals surface area (Å²) in [6.45, 7) is 5.52. The van der Waals surface area contributed by atoms with Gasteiger partial charge in [-0.1, -0.05) is 11.6 Å². The molecule has 0 saturated carbocycles. The van der Waals surface area contributed by atoms with E-state index in [2.05, 4.69) is 12.2 Å². The van der Waals surface area contributed by atoms with Crippen LogP contribution in [-0.2, 0) is 4.74 Å². The van der Waals surface area contributed by atoms with Gasteiger partial charge >= 0.3 is 0 Å². The van der Waals surface area contributed by atoms with Gasteiger partial charge < -0.3 is 15.0 Å². The Morgan fingerprint density at radius 2 is 2.12 bits per heavy atom. The van der Waals surface area contributed by atoms with E-state index in [0.717, 1.165) is 23.0 Å². The van der Waals surface area contributed by atoms with Crippen molar-refractivity contribution in [2.24, 2.45) is 0 Å². The molecule has 1 N–H and O–H groups in total. The quantitative estimate of drug-likeness (QED) is 0.846. The fraction of sp³-hybridized carbons (Fsp3) is 0.538. The SMILES string of the molecule is CCOCC(C)Nc1ccc(N(C)C)c(Cl)c1. The summed E-state index contributed by atoms with van der Waals surface area (Å²) in [6, 6.07) is 6.26. The number of nitrogens with one attached hydrogen (secondary N) is 1. The molecule has 0 aromatic heterocycles. The van der Waals surface area contributed by atoms with Gasteiger partial charge in [-0.2, -0.15) is 0 Å². The van der Waals surface area contributed by atoms with Gasteiger partial charge in [0.1, 0.15) is 0 Å². The lowest BCUT2D eigenvalue weighted by atomic mass is 10.2. The van der Waals surface area contributed by atoms with E-state index in [1.165, 1.54) is 0 Å². The lowest BCUT2D eigenvalue weighted by molar-refractivity contribution is 0.141. The molecule has 0 bridgehead atoms. The molecule has 96 valence electrons. The first-order valence-corrected chi connectivity index (χ1v) is 6.23. The Morgan fingerprint density at radius 3 is 2.65 bits per heavy atom. The van der Waals surface area contributed by atoms with E-state index in [1.807, 2.05) is 44.1 Å². The standard InChI is InChI=1S/C13H21ClN2O/c1-5-17-9-10(2)15-11-6-7-13(16(3)4)12(14)8-11/h6-8,10,15H,5,9H2,1-4H3. The number of hydrogen-bond donors (Lipinski definition) is 1. The Hall–Kier alpha value is -0.930. The van der Waals surface area contributed by atoms with E-state index in [0.29, 0.717) is 6.61 Å². The molecule has 0 radical (unpaired) electrons. The molecule has 0 aliphatic rings. The second-order valence-electron chi connectivity index (χ2n) is 4.27. The molecule has 1 aromatic rings. The maximum absolute atomic E-state index is 6.20. The van der Waals surface area contributed by atoms with Gasteiger partial charge in [-0.15, -0.1) is 0 Å².